The highest BCUT2D eigenvalue weighted by Gasteiger charge is 2.38. The quantitative estimate of drug-likeness (QED) is 0.0219. The van der Waals surface area contributed by atoms with Gasteiger partial charge in [0.25, 0.3) is 0 Å². The van der Waals surface area contributed by atoms with Crippen molar-refractivity contribution in [1.82, 2.24) is 42.1 Å². The average Bonchev–Trinajstić information content (AvgIpc) is 3.82. The molecule has 392 valence electrons. The van der Waals surface area contributed by atoms with Crippen LogP contribution >= 0.6 is 0 Å². The SMILES string of the molecule is CC[C@H](C)[C@H](NC(=O)[C@H](CCCCN)NC(=O)[C@H](CCCN=C(N)N)NC(=O)[C@H](CCCCN)NC(=O)[C@@H](NC(=O)[C@@H]1CCCN1C(C)=O)C(C)C)C(=O)N[C@@H](Cc1ccccc1)C(=O)NCC(=O)O. The van der Waals surface area contributed by atoms with E-state index in [0.717, 1.165) is 0 Å². The molecule has 1 aromatic carbocycles. The van der Waals surface area contributed by atoms with Crippen LogP contribution in [-0.4, -0.2) is 144 Å². The highest BCUT2D eigenvalue weighted by atomic mass is 16.4. The summed E-state index contributed by atoms with van der Waals surface area (Å²) in [5.41, 5.74) is 23.3. The van der Waals surface area contributed by atoms with E-state index in [4.69, 9.17) is 22.9 Å². The second-order valence-corrected chi connectivity index (χ2v) is 18.0. The van der Waals surface area contributed by atoms with Crippen LogP contribution in [0.3, 0.4) is 0 Å². The minimum absolute atomic E-state index is 0.0151. The number of aliphatic carboxylic acids is 1. The smallest absolute Gasteiger partial charge is 0.322 e. The van der Waals surface area contributed by atoms with E-state index in [1.54, 1.807) is 58.0 Å². The van der Waals surface area contributed by atoms with Crippen molar-refractivity contribution in [2.45, 2.75) is 154 Å². The fourth-order valence-electron chi connectivity index (χ4n) is 7.86. The molecule has 8 atom stereocenters. The third-order valence-electron chi connectivity index (χ3n) is 12.1. The fraction of sp³-hybridized carbons (Fsp3) is 0.660. The Bertz CT molecular complexity index is 1920. The third-order valence-corrected chi connectivity index (χ3v) is 12.1. The van der Waals surface area contributed by atoms with Crippen molar-refractivity contribution < 1.29 is 48.3 Å². The van der Waals surface area contributed by atoms with Gasteiger partial charge in [0.05, 0.1) is 0 Å². The van der Waals surface area contributed by atoms with Crippen LogP contribution in [0.5, 0.6) is 0 Å². The van der Waals surface area contributed by atoms with Gasteiger partial charge in [0.1, 0.15) is 48.8 Å². The van der Waals surface area contributed by atoms with Crippen LogP contribution in [0.15, 0.2) is 35.3 Å². The van der Waals surface area contributed by atoms with E-state index < -0.39 is 108 Å². The number of aliphatic imine (C=N–C) groups is 1. The lowest BCUT2D eigenvalue weighted by molar-refractivity contribution is -0.139. The van der Waals surface area contributed by atoms with E-state index >= 15 is 0 Å². The number of nitrogens with zero attached hydrogens (tertiary/aromatic N) is 2. The Morgan fingerprint density at radius 3 is 1.70 bits per heavy atom. The van der Waals surface area contributed by atoms with Gasteiger partial charge >= 0.3 is 5.97 Å². The van der Waals surface area contributed by atoms with Crippen LogP contribution in [0.1, 0.15) is 111 Å². The summed E-state index contributed by atoms with van der Waals surface area (Å²) in [5, 5.41) is 28.0. The molecule has 16 N–H and O–H groups in total. The first-order valence-corrected chi connectivity index (χ1v) is 24.3. The first-order chi connectivity index (χ1) is 33.2. The van der Waals surface area contributed by atoms with Gasteiger partial charge in [-0.1, -0.05) is 64.4 Å². The Labute approximate surface area is 410 Å². The van der Waals surface area contributed by atoms with E-state index in [0.29, 0.717) is 63.6 Å². The summed E-state index contributed by atoms with van der Waals surface area (Å²) in [6, 6.07) is 0.785. The Kier molecular flexibility index (Phi) is 27.1. The number of carboxylic acid groups (broad SMARTS) is 1. The standard InChI is InChI=1S/C47H79N13O10/c1-6-29(4)39(46(70)57-35(40(64)53-27-37(62)63)26-31-16-8-7-9-17-31)59-43(67)33(19-11-13-23-49)54-42(66)34(20-14-24-52-47(50)51)55-41(65)32(18-10-12-22-48)56-45(69)38(28(2)3)58-44(68)36-21-15-25-60(36)30(5)61/h7-9,16-17,28-29,32-36,38-39H,6,10-15,18-27,48-49H2,1-5H3,(H,53,64)(H,54,66)(H,55,65)(H,56,69)(H,57,70)(H,58,68)(H,59,67)(H,62,63)(H4,50,51,52)/t29-,32-,33-,34-,35-,36-,38-,39-/m0/s1. The number of hydrogen-bond acceptors (Lipinski definition) is 12. The second kappa shape index (κ2) is 31.7. The molecule has 0 bridgehead atoms. The Morgan fingerprint density at radius 1 is 0.686 bits per heavy atom. The molecule has 1 aromatic rings. The molecule has 70 heavy (non-hydrogen) atoms. The number of unbranched alkanes of at least 4 members (excludes halogenated alkanes) is 2. The van der Waals surface area contributed by atoms with Gasteiger partial charge < -0.3 is 70.2 Å². The lowest BCUT2D eigenvalue weighted by Crippen LogP contribution is -2.61. The van der Waals surface area contributed by atoms with E-state index in [1.807, 2.05) is 0 Å². The summed E-state index contributed by atoms with van der Waals surface area (Å²) in [7, 11) is 0. The Morgan fingerprint density at radius 2 is 1.20 bits per heavy atom. The maximum atomic E-state index is 14.3. The minimum atomic E-state index is -1.29. The zero-order valence-corrected chi connectivity index (χ0v) is 41.4. The van der Waals surface area contributed by atoms with Crippen molar-refractivity contribution >= 4 is 59.2 Å². The molecule has 2 rings (SSSR count). The lowest BCUT2D eigenvalue weighted by Gasteiger charge is -2.30. The largest absolute Gasteiger partial charge is 0.480 e. The normalized spacial score (nSPS) is 16.2. The number of hydrogen-bond donors (Lipinski definition) is 12. The monoisotopic (exact) mass is 986 g/mol. The van der Waals surface area contributed by atoms with Crippen LogP contribution < -0.4 is 60.2 Å². The summed E-state index contributed by atoms with van der Waals surface area (Å²) in [6.45, 7) is 8.77. The molecule has 0 unspecified atom stereocenters. The van der Waals surface area contributed by atoms with Gasteiger partial charge in [-0.15, -0.1) is 0 Å². The van der Waals surface area contributed by atoms with Gasteiger partial charge in [-0.2, -0.15) is 0 Å². The van der Waals surface area contributed by atoms with Gasteiger partial charge in [-0.05, 0) is 94.7 Å². The summed E-state index contributed by atoms with van der Waals surface area (Å²) in [5.74, 6) is -7.47. The molecule has 0 spiro atoms. The van der Waals surface area contributed by atoms with Crippen molar-refractivity contribution in [2.24, 2.45) is 39.8 Å². The first-order valence-electron chi connectivity index (χ1n) is 24.3. The zero-order chi connectivity index (χ0) is 52.3. The molecule has 8 amide bonds. The molecule has 0 saturated carbocycles. The van der Waals surface area contributed by atoms with E-state index in [1.165, 1.54) is 11.8 Å². The van der Waals surface area contributed by atoms with Crippen LogP contribution in [0.2, 0.25) is 0 Å². The number of carboxylic acids is 1. The number of guanidine groups is 1. The molecule has 0 radical (unpaired) electrons. The van der Waals surface area contributed by atoms with Crippen molar-refractivity contribution in [2.75, 3.05) is 32.7 Å². The van der Waals surface area contributed by atoms with Gasteiger partial charge in [0.15, 0.2) is 5.96 Å². The van der Waals surface area contributed by atoms with Crippen molar-refractivity contribution in [3.8, 4) is 0 Å². The highest BCUT2D eigenvalue weighted by Crippen LogP contribution is 2.19. The van der Waals surface area contributed by atoms with Crippen molar-refractivity contribution in [3.05, 3.63) is 35.9 Å². The maximum Gasteiger partial charge on any atom is 0.322 e. The molecule has 1 aliphatic rings. The molecule has 23 heteroatoms. The topological polar surface area (TPSA) is 378 Å². The average molecular weight is 986 g/mol. The molecule has 0 aliphatic carbocycles. The van der Waals surface area contributed by atoms with Crippen molar-refractivity contribution in [3.63, 3.8) is 0 Å². The Hall–Kier alpha value is -6.36. The molecule has 1 heterocycles. The number of benzene rings is 1. The van der Waals surface area contributed by atoms with Gasteiger partial charge in [0.2, 0.25) is 47.3 Å². The Balaban J connectivity index is 2.43. The molecule has 1 saturated heterocycles. The number of carbonyl (C=O) groups excluding carboxylic acids is 8. The first kappa shape index (κ1) is 59.8. The van der Waals surface area contributed by atoms with E-state index in [-0.39, 0.29) is 57.1 Å². The van der Waals surface area contributed by atoms with E-state index in [2.05, 4.69) is 42.2 Å². The van der Waals surface area contributed by atoms with Crippen LogP contribution in [-0.2, 0) is 49.6 Å². The number of nitrogens with two attached hydrogens (primary N) is 4. The maximum absolute atomic E-state index is 14.3. The number of nitrogens with one attached hydrogen (secondary N) is 7. The molecule has 23 nitrogen and oxygen atoms in total. The summed E-state index contributed by atoms with van der Waals surface area (Å²) < 4.78 is 0. The summed E-state index contributed by atoms with van der Waals surface area (Å²) in [6.07, 6.45) is 3.67. The second-order valence-electron chi connectivity index (χ2n) is 18.0. The molecule has 1 fully saturated rings. The minimum Gasteiger partial charge on any atom is -0.480 e. The third kappa shape index (κ3) is 21.1. The van der Waals surface area contributed by atoms with E-state index in [9.17, 15) is 48.3 Å². The summed E-state index contributed by atoms with van der Waals surface area (Å²) >= 11 is 0. The van der Waals surface area contributed by atoms with Gasteiger partial charge in [-0.25, -0.2) is 0 Å². The highest BCUT2D eigenvalue weighted by molar-refractivity contribution is 5.98. The molecular formula is C47H79N13O10. The number of likely N-dealkylation sites (tertiary alicyclic amines) is 1. The number of amides is 8. The fourth-order valence-corrected chi connectivity index (χ4v) is 7.86. The predicted octanol–water partition coefficient (Wildman–Crippen LogP) is -1.64. The molecule has 1 aliphatic heterocycles. The number of carbonyl (C=O) groups is 9. The predicted molar refractivity (Wildman–Crippen MR) is 263 cm³/mol. The summed E-state index contributed by atoms with van der Waals surface area (Å²) in [4.78, 5) is 126. The molecule has 0 aromatic heterocycles. The van der Waals surface area contributed by atoms with Crippen LogP contribution in [0.4, 0.5) is 0 Å². The number of rotatable bonds is 32. The lowest BCUT2D eigenvalue weighted by atomic mass is 9.96. The van der Waals surface area contributed by atoms with Crippen molar-refractivity contribution in [1.29, 1.82) is 0 Å². The van der Waals surface area contributed by atoms with Gasteiger partial charge in [0, 0.05) is 26.4 Å². The molecular weight excluding hydrogens is 907 g/mol. The van der Waals surface area contributed by atoms with Crippen LogP contribution in [0, 0.1) is 11.8 Å². The zero-order valence-electron chi connectivity index (χ0n) is 41.4. The van der Waals surface area contributed by atoms with Crippen LogP contribution in [0.25, 0.3) is 0 Å². The van der Waals surface area contributed by atoms with Gasteiger partial charge in [-0.3, -0.25) is 48.1 Å².